The number of benzene rings is 2. The monoisotopic (exact) mass is 334 g/mol. The molecular weight excluding hydrogens is 316 g/mol. The zero-order valence-corrected chi connectivity index (χ0v) is 13.0. The fraction of sp³-hybridized carbons (Fsp3) is 0.294. The van der Waals surface area contributed by atoms with Crippen LogP contribution in [0.5, 0.6) is 0 Å². The molecule has 0 aliphatic carbocycles. The van der Waals surface area contributed by atoms with Gasteiger partial charge in [0.15, 0.2) is 0 Å². The van der Waals surface area contributed by atoms with Crippen LogP contribution in [0.15, 0.2) is 59.1 Å². The minimum absolute atomic E-state index is 0.659. The molecule has 0 atom stereocenters. The summed E-state index contributed by atoms with van der Waals surface area (Å²) in [5, 5.41) is 0. The Kier molecular flexibility index (Phi) is 6.78. The van der Waals surface area contributed by atoms with Gasteiger partial charge >= 0.3 is 0 Å². The molecule has 2 aromatic rings. The molecule has 0 N–H and O–H groups in total. The van der Waals surface area contributed by atoms with Crippen molar-refractivity contribution in [3.05, 3.63) is 70.2 Å². The number of halogens is 1. The Balaban J connectivity index is 1.51. The summed E-state index contributed by atoms with van der Waals surface area (Å²) in [6.45, 7) is 2.79. The molecule has 0 fully saturated rings. The molecule has 0 saturated heterocycles. The van der Waals surface area contributed by atoms with Crippen molar-refractivity contribution in [1.82, 2.24) is 0 Å². The highest BCUT2D eigenvalue weighted by Gasteiger charge is 1.95. The van der Waals surface area contributed by atoms with E-state index in [2.05, 4.69) is 40.2 Å². The van der Waals surface area contributed by atoms with E-state index in [1.807, 2.05) is 30.3 Å². The van der Waals surface area contributed by atoms with E-state index in [4.69, 9.17) is 9.47 Å². The lowest BCUT2D eigenvalue weighted by Gasteiger charge is -2.06. The number of hydrogen-bond donors (Lipinski definition) is 0. The van der Waals surface area contributed by atoms with Crippen LogP contribution in [0, 0.1) is 0 Å². The van der Waals surface area contributed by atoms with Gasteiger partial charge in [0.2, 0.25) is 0 Å². The smallest absolute Gasteiger partial charge is 0.0716 e. The molecule has 20 heavy (non-hydrogen) atoms. The first kappa shape index (κ1) is 15.2. The molecule has 0 saturated carbocycles. The SMILES string of the molecule is Brc1ccc(COCCCOCc2ccccc2)cc1. The summed E-state index contributed by atoms with van der Waals surface area (Å²) in [7, 11) is 0. The highest BCUT2D eigenvalue weighted by atomic mass is 79.9. The second kappa shape index (κ2) is 8.90. The first-order chi connectivity index (χ1) is 9.84. The summed E-state index contributed by atoms with van der Waals surface area (Å²) in [5.41, 5.74) is 2.40. The third-order valence-corrected chi connectivity index (χ3v) is 3.40. The molecule has 2 nitrogen and oxygen atoms in total. The van der Waals surface area contributed by atoms with Crippen molar-refractivity contribution < 1.29 is 9.47 Å². The Morgan fingerprint density at radius 3 is 1.85 bits per heavy atom. The van der Waals surface area contributed by atoms with E-state index in [-0.39, 0.29) is 0 Å². The maximum Gasteiger partial charge on any atom is 0.0716 e. The van der Waals surface area contributed by atoms with Gasteiger partial charge in [0.05, 0.1) is 13.2 Å². The Morgan fingerprint density at radius 1 is 0.700 bits per heavy atom. The molecule has 0 aromatic heterocycles. The van der Waals surface area contributed by atoms with Crippen molar-refractivity contribution >= 4 is 15.9 Å². The molecular formula is C17H19BrO2. The third kappa shape index (κ3) is 5.87. The molecule has 2 rings (SSSR count). The summed E-state index contributed by atoms with van der Waals surface area (Å²) >= 11 is 3.42. The van der Waals surface area contributed by atoms with Gasteiger partial charge in [-0.3, -0.25) is 0 Å². The molecule has 0 aliphatic rings. The van der Waals surface area contributed by atoms with E-state index in [0.29, 0.717) is 13.2 Å². The van der Waals surface area contributed by atoms with Gasteiger partial charge in [-0.25, -0.2) is 0 Å². The van der Waals surface area contributed by atoms with Crippen LogP contribution in [0.1, 0.15) is 17.5 Å². The van der Waals surface area contributed by atoms with Gasteiger partial charge in [0, 0.05) is 17.7 Å². The topological polar surface area (TPSA) is 18.5 Å². The van der Waals surface area contributed by atoms with Crippen molar-refractivity contribution in [1.29, 1.82) is 0 Å². The predicted molar refractivity (Wildman–Crippen MR) is 84.5 cm³/mol. The lowest BCUT2D eigenvalue weighted by Crippen LogP contribution is -2.01. The molecule has 106 valence electrons. The van der Waals surface area contributed by atoms with Crippen LogP contribution in [-0.2, 0) is 22.7 Å². The van der Waals surface area contributed by atoms with Gasteiger partial charge in [0.1, 0.15) is 0 Å². The fourth-order valence-electron chi connectivity index (χ4n) is 1.80. The van der Waals surface area contributed by atoms with Gasteiger partial charge in [-0.15, -0.1) is 0 Å². The maximum absolute atomic E-state index is 5.62. The molecule has 0 unspecified atom stereocenters. The molecule has 0 aliphatic heterocycles. The van der Waals surface area contributed by atoms with Crippen molar-refractivity contribution in [2.75, 3.05) is 13.2 Å². The molecule has 2 aromatic carbocycles. The van der Waals surface area contributed by atoms with Crippen LogP contribution in [-0.4, -0.2) is 13.2 Å². The summed E-state index contributed by atoms with van der Waals surface area (Å²) in [6.07, 6.45) is 0.920. The summed E-state index contributed by atoms with van der Waals surface area (Å²) < 4.78 is 12.3. The van der Waals surface area contributed by atoms with Gasteiger partial charge in [0.25, 0.3) is 0 Å². The summed E-state index contributed by atoms with van der Waals surface area (Å²) in [4.78, 5) is 0. The van der Waals surface area contributed by atoms with Crippen LogP contribution in [0.4, 0.5) is 0 Å². The number of hydrogen-bond acceptors (Lipinski definition) is 2. The van der Waals surface area contributed by atoms with Crippen LogP contribution in [0.2, 0.25) is 0 Å². The second-order valence-corrected chi connectivity index (χ2v) is 5.49. The first-order valence-corrected chi connectivity index (χ1v) is 7.58. The molecule has 0 bridgehead atoms. The lowest BCUT2D eigenvalue weighted by atomic mass is 10.2. The molecule has 0 amide bonds. The molecule has 0 heterocycles. The molecule has 3 heteroatoms. The minimum Gasteiger partial charge on any atom is -0.377 e. The zero-order valence-electron chi connectivity index (χ0n) is 11.4. The van der Waals surface area contributed by atoms with Crippen LogP contribution in [0.3, 0.4) is 0 Å². The van der Waals surface area contributed by atoms with Crippen LogP contribution >= 0.6 is 15.9 Å². The predicted octanol–water partition coefficient (Wildman–Crippen LogP) is 4.57. The van der Waals surface area contributed by atoms with E-state index in [9.17, 15) is 0 Å². The number of ether oxygens (including phenoxy) is 2. The average Bonchev–Trinajstić information content (AvgIpc) is 2.49. The first-order valence-electron chi connectivity index (χ1n) is 6.78. The highest BCUT2D eigenvalue weighted by Crippen LogP contribution is 2.11. The van der Waals surface area contributed by atoms with Crippen molar-refractivity contribution in [3.8, 4) is 0 Å². The lowest BCUT2D eigenvalue weighted by molar-refractivity contribution is 0.0695. The average molecular weight is 335 g/mol. The Morgan fingerprint density at radius 2 is 1.25 bits per heavy atom. The van der Waals surface area contributed by atoms with Crippen LogP contribution < -0.4 is 0 Å². The standard InChI is InChI=1S/C17H19BrO2/c18-17-9-7-16(8-10-17)14-20-12-4-11-19-13-15-5-2-1-3-6-15/h1-3,5-10H,4,11-14H2. The van der Waals surface area contributed by atoms with Gasteiger partial charge in [-0.05, 0) is 29.7 Å². The van der Waals surface area contributed by atoms with Gasteiger partial charge in [-0.2, -0.15) is 0 Å². The Labute approximate surface area is 128 Å². The quantitative estimate of drug-likeness (QED) is 0.658. The normalized spacial score (nSPS) is 10.7. The van der Waals surface area contributed by atoms with Crippen LogP contribution in [0.25, 0.3) is 0 Å². The summed E-state index contributed by atoms with van der Waals surface area (Å²) in [5.74, 6) is 0. The van der Waals surface area contributed by atoms with Crippen molar-refractivity contribution in [2.24, 2.45) is 0 Å². The fourth-order valence-corrected chi connectivity index (χ4v) is 2.06. The molecule has 0 radical (unpaired) electrons. The Bertz CT molecular complexity index is 482. The zero-order chi connectivity index (χ0) is 14.0. The van der Waals surface area contributed by atoms with E-state index in [1.165, 1.54) is 11.1 Å². The number of rotatable bonds is 8. The maximum atomic E-state index is 5.62. The summed E-state index contributed by atoms with van der Waals surface area (Å²) in [6, 6.07) is 18.4. The minimum atomic E-state index is 0.659. The Hall–Kier alpha value is -1.16. The largest absolute Gasteiger partial charge is 0.377 e. The van der Waals surface area contributed by atoms with E-state index in [0.717, 1.165) is 24.1 Å². The molecule has 0 spiro atoms. The van der Waals surface area contributed by atoms with E-state index < -0.39 is 0 Å². The van der Waals surface area contributed by atoms with Crippen molar-refractivity contribution in [2.45, 2.75) is 19.6 Å². The van der Waals surface area contributed by atoms with Gasteiger partial charge in [-0.1, -0.05) is 58.4 Å². The second-order valence-electron chi connectivity index (χ2n) is 4.57. The van der Waals surface area contributed by atoms with E-state index >= 15 is 0 Å². The van der Waals surface area contributed by atoms with Crippen molar-refractivity contribution in [3.63, 3.8) is 0 Å². The third-order valence-electron chi connectivity index (χ3n) is 2.87. The highest BCUT2D eigenvalue weighted by molar-refractivity contribution is 9.10. The van der Waals surface area contributed by atoms with Gasteiger partial charge < -0.3 is 9.47 Å². The van der Waals surface area contributed by atoms with E-state index in [1.54, 1.807) is 0 Å².